The summed E-state index contributed by atoms with van der Waals surface area (Å²) >= 11 is 8.24. The van der Waals surface area contributed by atoms with Crippen molar-refractivity contribution < 1.29 is 0 Å². The third kappa shape index (κ3) is 1.29. The van der Waals surface area contributed by atoms with Gasteiger partial charge in [0.2, 0.25) is 0 Å². The summed E-state index contributed by atoms with van der Waals surface area (Å²) in [5, 5.41) is 1.83. The van der Waals surface area contributed by atoms with E-state index in [0.29, 0.717) is 5.02 Å². The minimum Gasteiger partial charge on any atom is -0.255 e. The minimum absolute atomic E-state index is 0.714. The van der Waals surface area contributed by atoms with Crippen LogP contribution < -0.4 is 0 Å². The minimum atomic E-state index is 0.714. The Kier molecular flexibility index (Phi) is 2.19. The van der Waals surface area contributed by atoms with Crippen LogP contribution in [0.15, 0.2) is 30.5 Å². The highest BCUT2D eigenvalue weighted by Crippen LogP contribution is 2.24. The fourth-order valence-corrected chi connectivity index (χ4v) is 1.93. The first-order valence-electron chi connectivity index (χ1n) is 3.48. The Morgan fingerprint density at radius 1 is 1.25 bits per heavy atom. The molecule has 1 heterocycles. The number of benzene rings is 1. The monoisotopic (exact) mass is 289 g/mol. The summed E-state index contributed by atoms with van der Waals surface area (Å²) in [5.74, 6) is 0. The highest BCUT2D eigenvalue weighted by atomic mass is 127. The van der Waals surface area contributed by atoms with Crippen LogP contribution in [0.3, 0.4) is 0 Å². The Bertz CT molecular complexity index is 387. The zero-order chi connectivity index (χ0) is 8.55. The van der Waals surface area contributed by atoms with E-state index in [2.05, 4.69) is 27.6 Å². The number of fused-ring (bicyclic) bond motifs is 1. The highest BCUT2D eigenvalue weighted by molar-refractivity contribution is 14.1. The number of nitrogens with zero attached hydrogens (tertiary/aromatic N) is 1. The van der Waals surface area contributed by atoms with Crippen LogP contribution in [0.2, 0.25) is 5.02 Å². The van der Waals surface area contributed by atoms with Crippen molar-refractivity contribution in [1.82, 2.24) is 4.98 Å². The van der Waals surface area contributed by atoms with E-state index in [4.69, 9.17) is 11.6 Å². The summed E-state index contributed by atoms with van der Waals surface area (Å²) in [6.07, 6.45) is 1.77. The average molecular weight is 290 g/mol. The van der Waals surface area contributed by atoms with Crippen LogP contribution in [0.25, 0.3) is 10.9 Å². The molecule has 0 N–H and O–H groups in total. The van der Waals surface area contributed by atoms with Gasteiger partial charge in [-0.25, -0.2) is 0 Å². The Balaban J connectivity index is 2.94. The van der Waals surface area contributed by atoms with Crippen LogP contribution >= 0.6 is 34.2 Å². The van der Waals surface area contributed by atoms with Gasteiger partial charge >= 0.3 is 0 Å². The Morgan fingerprint density at radius 2 is 2.08 bits per heavy atom. The van der Waals surface area contributed by atoms with Crippen molar-refractivity contribution in [2.24, 2.45) is 0 Å². The van der Waals surface area contributed by atoms with E-state index in [-0.39, 0.29) is 0 Å². The Morgan fingerprint density at radius 3 is 2.83 bits per heavy atom. The van der Waals surface area contributed by atoms with Crippen LogP contribution in [0.1, 0.15) is 0 Å². The Hall–Kier alpha value is -0.350. The molecule has 0 aliphatic rings. The molecule has 1 aromatic carbocycles. The van der Waals surface area contributed by atoms with E-state index in [1.807, 2.05) is 24.3 Å². The molecular formula is C9H5ClIN. The van der Waals surface area contributed by atoms with Crippen molar-refractivity contribution in [2.45, 2.75) is 0 Å². The molecule has 60 valence electrons. The van der Waals surface area contributed by atoms with Gasteiger partial charge in [0.05, 0.1) is 10.5 Å². The van der Waals surface area contributed by atoms with Crippen LogP contribution in [0, 0.1) is 3.57 Å². The average Bonchev–Trinajstić information content (AvgIpc) is 2.07. The third-order valence-electron chi connectivity index (χ3n) is 1.67. The topological polar surface area (TPSA) is 12.9 Å². The van der Waals surface area contributed by atoms with Gasteiger partial charge in [-0.2, -0.15) is 0 Å². The summed E-state index contributed by atoms with van der Waals surface area (Å²) in [5.41, 5.74) is 0.881. The molecule has 0 unspecified atom stereocenters. The smallest absolute Gasteiger partial charge is 0.0898 e. The molecule has 2 rings (SSSR count). The molecule has 1 aromatic heterocycles. The molecular weight excluding hydrogens is 284 g/mol. The SMILES string of the molecule is Clc1cccc2c(I)ccnc12. The molecule has 0 fully saturated rings. The van der Waals surface area contributed by atoms with E-state index in [9.17, 15) is 0 Å². The maximum Gasteiger partial charge on any atom is 0.0898 e. The molecule has 1 nitrogen and oxygen atoms in total. The zero-order valence-electron chi connectivity index (χ0n) is 6.09. The van der Waals surface area contributed by atoms with Crippen LogP contribution in [-0.2, 0) is 0 Å². The third-order valence-corrected chi connectivity index (χ3v) is 2.91. The predicted molar refractivity (Wildman–Crippen MR) is 59.5 cm³/mol. The number of aromatic nitrogens is 1. The lowest BCUT2D eigenvalue weighted by molar-refractivity contribution is 1.40. The van der Waals surface area contributed by atoms with Gasteiger partial charge in [0.1, 0.15) is 0 Å². The second-order valence-electron chi connectivity index (χ2n) is 2.43. The number of halogens is 2. The molecule has 0 saturated heterocycles. The van der Waals surface area contributed by atoms with Crippen molar-refractivity contribution in [3.63, 3.8) is 0 Å². The van der Waals surface area contributed by atoms with E-state index in [1.165, 1.54) is 3.57 Å². The maximum absolute atomic E-state index is 5.96. The van der Waals surface area contributed by atoms with Gasteiger partial charge in [0.15, 0.2) is 0 Å². The lowest BCUT2D eigenvalue weighted by Gasteiger charge is -1.99. The molecule has 0 atom stereocenters. The van der Waals surface area contributed by atoms with E-state index < -0.39 is 0 Å². The molecule has 0 bridgehead atoms. The number of para-hydroxylation sites is 1. The van der Waals surface area contributed by atoms with Gasteiger partial charge in [0, 0.05) is 15.2 Å². The fourth-order valence-electron chi connectivity index (χ4n) is 1.11. The van der Waals surface area contributed by atoms with Gasteiger partial charge in [0.25, 0.3) is 0 Å². The summed E-state index contributed by atoms with van der Waals surface area (Å²) in [6, 6.07) is 7.79. The number of pyridine rings is 1. The van der Waals surface area contributed by atoms with Gasteiger partial charge < -0.3 is 0 Å². The normalized spacial score (nSPS) is 10.5. The second kappa shape index (κ2) is 3.18. The summed E-state index contributed by atoms with van der Waals surface area (Å²) in [7, 11) is 0. The molecule has 2 aromatic rings. The van der Waals surface area contributed by atoms with Crippen molar-refractivity contribution in [2.75, 3.05) is 0 Å². The predicted octanol–water partition coefficient (Wildman–Crippen LogP) is 3.49. The molecule has 3 heteroatoms. The molecule has 12 heavy (non-hydrogen) atoms. The van der Waals surface area contributed by atoms with Crippen molar-refractivity contribution in [1.29, 1.82) is 0 Å². The first-order chi connectivity index (χ1) is 5.79. The largest absolute Gasteiger partial charge is 0.255 e. The molecule has 0 aliphatic heterocycles. The molecule has 0 amide bonds. The van der Waals surface area contributed by atoms with E-state index in [1.54, 1.807) is 6.20 Å². The van der Waals surface area contributed by atoms with E-state index in [0.717, 1.165) is 10.9 Å². The summed E-state index contributed by atoms with van der Waals surface area (Å²) in [6.45, 7) is 0. The van der Waals surface area contributed by atoms with Crippen molar-refractivity contribution in [3.8, 4) is 0 Å². The molecule has 0 saturated carbocycles. The van der Waals surface area contributed by atoms with Crippen LogP contribution in [0.5, 0.6) is 0 Å². The standard InChI is InChI=1S/C9H5ClIN/c10-7-3-1-2-6-8(11)4-5-12-9(6)7/h1-5H. The first-order valence-corrected chi connectivity index (χ1v) is 4.93. The summed E-state index contributed by atoms with van der Waals surface area (Å²) in [4.78, 5) is 4.20. The number of hydrogen-bond acceptors (Lipinski definition) is 1. The molecule has 0 aliphatic carbocycles. The van der Waals surface area contributed by atoms with Crippen LogP contribution in [-0.4, -0.2) is 4.98 Å². The molecule has 0 radical (unpaired) electrons. The summed E-state index contributed by atoms with van der Waals surface area (Å²) < 4.78 is 1.18. The van der Waals surface area contributed by atoms with Gasteiger partial charge in [-0.15, -0.1) is 0 Å². The van der Waals surface area contributed by atoms with Crippen LogP contribution in [0.4, 0.5) is 0 Å². The number of hydrogen-bond donors (Lipinski definition) is 0. The lowest BCUT2D eigenvalue weighted by atomic mass is 10.2. The van der Waals surface area contributed by atoms with Gasteiger partial charge in [-0.3, -0.25) is 4.98 Å². The highest BCUT2D eigenvalue weighted by Gasteiger charge is 2.01. The quantitative estimate of drug-likeness (QED) is 0.677. The maximum atomic E-state index is 5.96. The van der Waals surface area contributed by atoms with Crippen molar-refractivity contribution in [3.05, 3.63) is 39.1 Å². The number of rotatable bonds is 0. The molecule has 0 spiro atoms. The zero-order valence-corrected chi connectivity index (χ0v) is 9.00. The van der Waals surface area contributed by atoms with E-state index >= 15 is 0 Å². The lowest BCUT2D eigenvalue weighted by Crippen LogP contribution is -1.81. The second-order valence-corrected chi connectivity index (χ2v) is 4.00. The first kappa shape index (κ1) is 8.26. The van der Waals surface area contributed by atoms with Gasteiger partial charge in [-0.1, -0.05) is 23.7 Å². The Labute approximate surface area is 88.9 Å². The van der Waals surface area contributed by atoms with Gasteiger partial charge in [-0.05, 0) is 34.7 Å². The fraction of sp³-hybridized carbons (Fsp3) is 0. The van der Waals surface area contributed by atoms with Crippen molar-refractivity contribution >= 4 is 45.1 Å².